The van der Waals surface area contributed by atoms with Crippen molar-refractivity contribution in [3.8, 4) is 5.75 Å². The van der Waals surface area contributed by atoms with Crippen molar-refractivity contribution in [3.05, 3.63) is 63.2 Å². The van der Waals surface area contributed by atoms with E-state index >= 15 is 0 Å². The molecule has 2 fully saturated rings. The molecule has 3 unspecified atom stereocenters. The van der Waals surface area contributed by atoms with Gasteiger partial charge in [-0.2, -0.15) is 0 Å². The van der Waals surface area contributed by atoms with Gasteiger partial charge < -0.3 is 14.6 Å². The van der Waals surface area contributed by atoms with Crippen LogP contribution in [0.15, 0.2) is 39.5 Å². The highest BCUT2D eigenvalue weighted by molar-refractivity contribution is 6.00. The summed E-state index contributed by atoms with van der Waals surface area (Å²) in [6.07, 6.45) is 4.72. The summed E-state index contributed by atoms with van der Waals surface area (Å²) in [5, 5.41) is 22.0. The lowest BCUT2D eigenvalue weighted by Crippen LogP contribution is -2.25. The first-order chi connectivity index (χ1) is 14.1. The number of hydrogen-bond donors (Lipinski definition) is 2. The first-order valence-electron chi connectivity index (χ1n) is 10.7. The fraction of sp³-hybridized carbons (Fsp3) is 0.500. The smallest absolute Gasteiger partial charge is 0.343 e. The van der Waals surface area contributed by atoms with Gasteiger partial charge in [-0.05, 0) is 55.9 Å². The molecule has 0 amide bonds. The van der Waals surface area contributed by atoms with Crippen molar-refractivity contribution in [1.29, 1.82) is 0 Å². The molecule has 3 aliphatic rings. The number of Topliss-reactive ketones (excluding diaryl/α,β-unsaturated/α-hetero) is 1. The van der Waals surface area contributed by atoms with Gasteiger partial charge in [0.05, 0.1) is 17.2 Å². The third kappa shape index (κ3) is 3.31. The van der Waals surface area contributed by atoms with E-state index in [0.717, 1.165) is 31.2 Å². The largest absolute Gasteiger partial charge is 0.506 e. The molecular formula is C24H26O5. The van der Waals surface area contributed by atoms with Crippen molar-refractivity contribution >= 4 is 5.78 Å². The molecule has 3 atom stereocenters. The van der Waals surface area contributed by atoms with Gasteiger partial charge in [0.15, 0.2) is 5.78 Å². The van der Waals surface area contributed by atoms with Gasteiger partial charge in [-0.25, -0.2) is 4.79 Å². The van der Waals surface area contributed by atoms with Crippen LogP contribution in [0.3, 0.4) is 0 Å². The molecule has 5 rings (SSSR count). The van der Waals surface area contributed by atoms with Gasteiger partial charge in [0.2, 0.25) is 0 Å². The molecule has 0 spiro atoms. The molecule has 2 saturated carbocycles. The van der Waals surface area contributed by atoms with Crippen molar-refractivity contribution in [2.75, 3.05) is 0 Å². The lowest BCUT2D eigenvalue weighted by molar-refractivity contribution is 0.0976. The summed E-state index contributed by atoms with van der Waals surface area (Å²) in [6.45, 7) is 0. The molecule has 0 bridgehead atoms. The fourth-order valence-electron chi connectivity index (χ4n) is 4.95. The van der Waals surface area contributed by atoms with Crippen LogP contribution in [0.1, 0.15) is 84.0 Å². The number of carbonyl (C=O) groups is 1. The second-order valence-electron chi connectivity index (χ2n) is 8.87. The van der Waals surface area contributed by atoms with Gasteiger partial charge in [-0.3, -0.25) is 4.79 Å². The van der Waals surface area contributed by atoms with Crippen molar-refractivity contribution < 1.29 is 19.4 Å². The standard InChI is InChI=1S/C24H26O5/c25-17-8-4-7-16(21(26)15-11-12-15)23-19(17)22(27)20(24(28)29-23)18(14-9-10-14)13-5-2-1-3-6-13/h1-3,5-6,14-16,18,21,26-27H,4,7-12H2. The van der Waals surface area contributed by atoms with Crippen molar-refractivity contribution in [2.24, 2.45) is 11.8 Å². The van der Waals surface area contributed by atoms with Crippen LogP contribution in [0.25, 0.3) is 0 Å². The van der Waals surface area contributed by atoms with Crippen molar-refractivity contribution in [2.45, 2.75) is 62.9 Å². The van der Waals surface area contributed by atoms with E-state index in [2.05, 4.69) is 0 Å². The maximum absolute atomic E-state index is 13.1. The first kappa shape index (κ1) is 18.6. The summed E-state index contributed by atoms with van der Waals surface area (Å²) in [5.74, 6) is -0.462. The van der Waals surface area contributed by atoms with Gasteiger partial charge in [0, 0.05) is 18.3 Å². The number of fused-ring (bicyclic) bond motifs is 1. The number of benzene rings is 1. The lowest BCUT2D eigenvalue weighted by atomic mass is 9.84. The number of aromatic hydroxyl groups is 1. The minimum Gasteiger partial charge on any atom is -0.506 e. The predicted molar refractivity (Wildman–Crippen MR) is 107 cm³/mol. The average molecular weight is 394 g/mol. The predicted octanol–water partition coefficient (Wildman–Crippen LogP) is 4.11. The maximum Gasteiger partial charge on any atom is 0.343 e. The Morgan fingerprint density at radius 1 is 0.966 bits per heavy atom. The first-order valence-corrected chi connectivity index (χ1v) is 10.7. The Morgan fingerprint density at radius 2 is 1.66 bits per heavy atom. The molecule has 5 heteroatoms. The van der Waals surface area contributed by atoms with Crippen LogP contribution >= 0.6 is 0 Å². The Labute approximate surface area is 169 Å². The monoisotopic (exact) mass is 394 g/mol. The lowest BCUT2D eigenvalue weighted by Gasteiger charge is -2.24. The molecule has 0 saturated heterocycles. The molecule has 0 radical (unpaired) electrons. The van der Waals surface area contributed by atoms with Gasteiger partial charge >= 0.3 is 5.63 Å². The average Bonchev–Trinajstić information content (AvgIpc) is 3.60. The number of aliphatic hydroxyl groups is 1. The number of ketones is 1. The minimum atomic E-state index is -0.638. The molecule has 0 aliphatic heterocycles. The highest BCUT2D eigenvalue weighted by Gasteiger charge is 2.43. The summed E-state index contributed by atoms with van der Waals surface area (Å²) in [7, 11) is 0. The molecule has 1 heterocycles. The molecule has 2 N–H and O–H groups in total. The van der Waals surface area contributed by atoms with Crippen LogP contribution in [0, 0.1) is 11.8 Å². The Bertz CT molecular complexity index is 984. The van der Waals surface area contributed by atoms with Crippen molar-refractivity contribution in [1.82, 2.24) is 0 Å². The van der Waals surface area contributed by atoms with E-state index in [1.165, 1.54) is 0 Å². The van der Waals surface area contributed by atoms with Gasteiger partial charge in [-0.1, -0.05) is 30.3 Å². The highest BCUT2D eigenvalue weighted by Crippen LogP contribution is 2.50. The van der Waals surface area contributed by atoms with E-state index in [4.69, 9.17) is 4.42 Å². The Hall–Kier alpha value is -2.40. The molecular weight excluding hydrogens is 368 g/mol. The Balaban J connectivity index is 1.67. The summed E-state index contributed by atoms with van der Waals surface area (Å²) in [6, 6.07) is 9.66. The molecule has 3 aliphatic carbocycles. The van der Waals surface area contributed by atoms with Crippen LogP contribution in [0.4, 0.5) is 0 Å². The zero-order valence-electron chi connectivity index (χ0n) is 16.3. The summed E-state index contributed by atoms with van der Waals surface area (Å²) >= 11 is 0. The van der Waals surface area contributed by atoms with E-state index in [0.29, 0.717) is 19.3 Å². The van der Waals surface area contributed by atoms with Gasteiger partial charge in [0.25, 0.3) is 0 Å². The number of hydrogen-bond acceptors (Lipinski definition) is 5. The van der Waals surface area contributed by atoms with E-state index in [1.807, 2.05) is 30.3 Å². The second-order valence-corrected chi connectivity index (χ2v) is 8.87. The Morgan fingerprint density at radius 3 is 2.31 bits per heavy atom. The quantitative estimate of drug-likeness (QED) is 0.745. The summed E-state index contributed by atoms with van der Waals surface area (Å²) in [5.41, 5.74) is 0.702. The molecule has 1 aromatic heterocycles. The second kappa shape index (κ2) is 7.13. The van der Waals surface area contributed by atoms with E-state index < -0.39 is 17.6 Å². The van der Waals surface area contributed by atoms with Gasteiger partial charge in [0.1, 0.15) is 11.5 Å². The molecule has 1 aromatic carbocycles. The fourth-order valence-corrected chi connectivity index (χ4v) is 4.95. The third-order valence-corrected chi connectivity index (χ3v) is 6.78. The van der Waals surface area contributed by atoms with Crippen LogP contribution < -0.4 is 5.63 Å². The third-order valence-electron chi connectivity index (χ3n) is 6.78. The van der Waals surface area contributed by atoms with Crippen LogP contribution in [0.2, 0.25) is 0 Å². The zero-order chi connectivity index (χ0) is 20.1. The van der Waals surface area contributed by atoms with Crippen LogP contribution in [-0.2, 0) is 0 Å². The topological polar surface area (TPSA) is 87.7 Å². The van der Waals surface area contributed by atoms with Crippen LogP contribution in [-0.4, -0.2) is 22.1 Å². The SMILES string of the molecule is O=C1CCCC(C(O)C2CC2)c2oc(=O)c(C(c3ccccc3)C3CC3)c(O)c21. The normalized spacial score (nSPS) is 23.9. The molecule has 152 valence electrons. The van der Waals surface area contributed by atoms with E-state index in [1.54, 1.807) is 0 Å². The Kier molecular flexibility index (Phi) is 4.58. The molecule has 5 nitrogen and oxygen atoms in total. The number of aliphatic hydroxyl groups excluding tert-OH is 1. The van der Waals surface area contributed by atoms with E-state index in [-0.39, 0.29) is 46.2 Å². The number of rotatable bonds is 5. The maximum atomic E-state index is 13.1. The van der Waals surface area contributed by atoms with Crippen LogP contribution in [0.5, 0.6) is 5.75 Å². The summed E-state index contributed by atoms with van der Waals surface area (Å²) in [4.78, 5) is 26.0. The number of carbonyl (C=O) groups excluding carboxylic acids is 1. The molecule has 29 heavy (non-hydrogen) atoms. The van der Waals surface area contributed by atoms with Crippen molar-refractivity contribution in [3.63, 3.8) is 0 Å². The zero-order valence-corrected chi connectivity index (χ0v) is 16.3. The van der Waals surface area contributed by atoms with Gasteiger partial charge in [-0.15, -0.1) is 0 Å². The minimum absolute atomic E-state index is 0.128. The van der Waals surface area contributed by atoms with E-state index in [9.17, 15) is 19.8 Å². The molecule has 2 aromatic rings. The summed E-state index contributed by atoms with van der Waals surface area (Å²) < 4.78 is 5.76. The highest BCUT2D eigenvalue weighted by atomic mass is 16.4.